The van der Waals surface area contributed by atoms with Gasteiger partial charge in [0.15, 0.2) is 0 Å². The highest BCUT2D eigenvalue weighted by Crippen LogP contribution is 2.33. The molecule has 148 valence electrons. The summed E-state index contributed by atoms with van der Waals surface area (Å²) in [6.45, 7) is 2.17. The summed E-state index contributed by atoms with van der Waals surface area (Å²) in [7, 11) is 4.02. The lowest BCUT2D eigenvalue weighted by Gasteiger charge is -2.31. The number of nitrogens with one attached hydrogen (secondary N) is 1. The summed E-state index contributed by atoms with van der Waals surface area (Å²) in [6.07, 6.45) is 2.06. The number of aryl methyl sites for hydroxylation is 1. The summed E-state index contributed by atoms with van der Waals surface area (Å²) in [5, 5.41) is 2.88. The fourth-order valence-corrected chi connectivity index (χ4v) is 3.62. The standard InChI is InChI=1S/C23H29N3O2/c1-25(2)15-16-26(14-8-11-18-9-4-3-5-10-18)23(28)20-17-22(27)24-21-13-7-6-12-19(20)21/h3-7,9-10,12-13,20H,8,11,14-17H2,1-2H3,(H,24,27). The molecule has 1 unspecified atom stereocenters. The molecule has 0 radical (unpaired) electrons. The molecule has 1 atom stereocenters. The first-order valence-corrected chi connectivity index (χ1v) is 9.91. The number of hydrogen-bond donors (Lipinski definition) is 1. The summed E-state index contributed by atoms with van der Waals surface area (Å²) >= 11 is 0. The van der Waals surface area contributed by atoms with Gasteiger partial charge in [0.1, 0.15) is 0 Å². The Morgan fingerprint density at radius 3 is 2.46 bits per heavy atom. The Bertz CT molecular complexity index is 805. The van der Waals surface area contributed by atoms with Crippen molar-refractivity contribution in [1.29, 1.82) is 0 Å². The van der Waals surface area contributed by atoms with Crippen molar-refractivity contribution < 1.29 is 9.59 Å². The van der Waals surface area contributed by atoms with Crippen molar-refractivity contribution in [2.45, 2.75) is 25.2 Å². The van der Waals surface area contributed by atoms with Gasteiger partial charge < -0.3 is 15.1 Å². The fraction of sp³-hybridized carbons (Fsp3) is 0.391. The summed E-state index contributed by atoms with van der Waals surface area (Å²) in [4.78, 5) is 29.5. The predicted molar refractivity (Wildman–Crippen MR) is 112 cm³/mol. The van der Waals surface area contributed by atoms with Crippen LogP contribution in [0.4, 0.5) is 5.69 Å². The molecule has 0 aromatic heterocycles. The molecule has 0 saturated heterocycles. The van der Waals surface area contributed by atoms with Crippen LogP contribution in [0.2, 0.25) is 0 Å². The normalized spacial score (nSPS) is 15.8. The van der Waals surface area contributed by atoms with E-state index in [1.165, 1.54) is 5.56 Å². The molecule has 1 heterocycles. The lowest BCUT2D eigenvalue weighted by atomic mass is 9.89. The predicted octanol–water partition coefficient (Wildman–Crippen LogP) is 3.14. The molecule has 3 rings (SSSR count). The van der Waals surface area contributed by atoms with E-state index in [4.69, 9.17) is 0 Å². The van der Waals surface area contributed by atoms with E-state index in [1.54, 1.807) is 0 Å². The van der Waals surface area contributed by atoms with E-state index in [0.29, 0.717) is 13.1 Å². The van der Waals surface area contributed by atoms with Gasteiger partial charge in [-0.1, -0.05) is 48.5 Å². The Hall–Kier alpha value is -2.66. The third-order valence-electron chi connectivity index (χ3n) is 5.16. The number of carbonyl (C=O) groups is 2. The maximum Gasteiger partial charge on any atom is 0.230 e. The molecule has 0 aliphatic carbocycles. The van der Waals surface area contributed by atoms with Crippen molar-refractivity contribution in [2.75, 3.05) is 39.0 Å². The minimum absolute atomic E-state index is 0.0530. The first-order chi connectivity index (χ1) is 13.5. The molecule has 0 fully saturated rings. The molecule has 1 N–H and O–H groups in total. The third kappa shape index (κ3) is 5.20. The zero-order chi connectivity index (χ0) is 19.9. The van der Waals surface area contributed by atoms with E-state index < -0.39 is 5.92 Å². The Morgan fingerprint density at radius 1 is 1.00 bits per heavy atom. The number of fused-ring (bicyclic) bond motifs is 1. The van der Waals surface area contributed by atoms with Crippen molar-refractivity contribution in [1.82, 2.24) is 9.80 Å². The Labute approximate surface area is 167 Å². The van der Waals surface area contributed by atoms with E-state index in [1.807, 2.05) is 61.5 Å². The number of amides is 2. The SMILES string of the molecule is CN(C)CCN(CCCc1ccccc1)C(=O)C1CC(=O)Nc2ccccc21. The zero-order valence-electron chi connectivity index (χ0n) is 16.7. The van der Waals surface area contributed by atoms with Gasteiger partial charge in [-0.25, -0.2) is 0 Å². The second kappa shape index (κ2) is 9.51. The van der Waals surface area contributed by atoms with Crippen molar-refractivity contribution in [3.05, 3.63) is 65.7 Å². The van der Waals surface area contributed by atoms with Crippen LogP contribution < -0.4 is 5.32 Å². The maximum atomic E-state index is 13.4. The van der Waals surface area contributed by atoms with Crippen LogP contribution in [0.5, 0.6) is 0 Å². The summed E-state index contributed by atoms with van der Waals surface area (Å²) in [5.74, 6) is -0.435. The highest BCUT2D eigenvalue weighted by Gasteiger charge is 2.33. The molecule has 0 spiro atoms. The molecule has 0 saturated carbocycles. The molecular weight excluding hydrogens is 350 g/mol. The van der Waals surface area contributed by atoms with E-state index in [9.17, 15) is 9.59 Å². The van der Waals surface area contributed by atoms with Gasteiger partial charge in [-0.3, -0.25) is 9.59 Å². The molecule has 2 aromatic carbocycles. The van der Waals surface area contributed by atoms with Crippen LogP contribution in [0.25, 0.3) is 0 Å². The number of nitrogens with zero attached hydrogens (tertiary/aromatic N) is 2. The van der Waals surface area contributed by atoms with Crippen LogP contribution in [0, 0.1) is 0 Å². The van der Waals surface area contributed by atoms with Gasteiger partial charge in [0.05, 0.1) is 5.92 Å². The highest BCUT2D eigenvalue weighted by atomic mass is 16.2. The van der Waals surface area contributed by atoms with E-state index in [0.717, 1.165) is 30.6 Å². The van der Waals surface area contributed by atoms with Gasteiger partial charge in [0.2, 0.25) is 11.8 Å². The number of likely N-dealkylation sites (N-methyl/N-ethyl adjacent to an activating group) is 1. The Balaban J connectivity index is 1.71. The number of carbonyl (C=O) groups excluding carboxylic acids is 2. The second-order valence-corrected chi connectivity index (χ2v) is 7.61. The average Bonchev–Trinajstić information content (AvgIpc) is 2.70. The van der Waals surface area contributed by atoms with Crippen molar-refractivity contribution >= 4 is 17.5 Å². The third-order valence-corrected chi connectivity index (χ3v) is 5.16. The maximum absolute atomic E-state index is 13.4. The van der Waals surface area contributed by atoms with E-state index in [-0.39, 0.29) is 18.2 Å². The van der Waals surface area contributed by atoms with Gasteiger partial charge in [0.25, 0.3) is 0 Å². The van der Waals surface area contributed by atoms with Crippen molar-refractivity contribution in [2.24, 2.45) is 0 Å². The topological polar surface area (TPSA) is 52.7 Å². The minimum atomic E-state index is -0.399. The van der Waals surface area contributed by atoms with Crippen molar-refractivity contribution in [3.8, 4) is 0 Å². The molecule has 1 aliphatic heterocycles. The van der Waals surface area contributed by atoms with Gasteiger partial charge >= 0.3 is 0 Å². The minimum Gasteiger partial charge on any atom is -0.341 e. The Morgan fingerprint density at radius 2 is 1.71 bits per heavy atom. The lowest BCUT2D eigenvalue weighted by Crippen LogP contribution is -2.42. The largest absolute Gasteiger partial charge is 0.341 e. The number of benzene rings is 2. The van der Waals surface area contributed by atoms with Crippen LogP contribution in [0.3, 0.4) is 0 Å². The van der Waals surface area contributed by atoms with Gasteiger partial charge in [0, 0.05) is 31.7 Å². The summed E-state index contributed by atoms with van der Waals surface area (Å²) < 4.78 is 0. The monoisotopic (exact) mass is 379 g/mol. The van der Waals surface area contributed by atoms with Crippen LogP contribution in [-0.4, -0.2) is 55.3 Å². The summed E-state index contributed by atoms with van der Waals surface area (Å²) in [5.41, 5.74) is 2.96. The second-order valence-electron chi connectivity index (χ2n) is 7.61. The van der Waals surface area contributed by atoms with Gasteiger partial charge in [-0.15, -0.1) is 0 Å². The molecular formula is C23H29N3O2. The first kappa shape index (κ1) is 20.1. The summed E-state index contributed by atoms with van der Waals surface area (Å²) in [6, 6.07) is 18.0. The average molecular weight is 380 g/mol. The van der Waals surface area contributed by atoms with E-state index >= 15 is 0 Å². The molecule has 2 amide bonds. The van der Waals surface area contributed by atoms with Crippen LogP contribution in [0.1, 0.15) is 29.9 Å². The molecule has 28 heavy (non-hydrogen) atoms. The number of para-hydroxylation sites is 1. The highest BCUT2D eigenvalue weighted by molar-refractivity contribution is 6.01. The first-order valence-electron chi connectivity index (χ1n) is 9.91. The smallest absolute Gasteiger partial charge is 0.230 e. The van der Waals surface area contributed by atoms with Gasteiger partial charge in [-0.2, -0.15) is 0 Å². The molecule has 5 heteroatoms. The fourth-order valence-electron chi connectivity index (χ4n) is 3.62. The lowest BCUT2D eigenvalue weighted by molar-refractivity contribution is -0.135. The quantitative estimate of drug-likeness (QED) is 0.767. The molecule has 5 nitrogen and oxygen atoms in total. The molecule has 1 aliphatic rings. The molecule has 0 bridgehead atoms. The van der Waals surface area contributed by atoms with Crippen molar-refractivity contribution in [3.63, 3.8) is 0 Å². The van der Waals surface area contributed by atoms with Crippen LogP contribution >= 0.6 is 0 Å². The Kier molecular flexibility index (Phi) is 6.82. The van der Waals surface area contributed by atoms with Crippen LogP contribution in [-0.2, 0) is 16.0 Å². The zero-order valence-corrected chi connectivity index (χ0v) is 16.7. The molecule has 2 aromatic rings. The van der Waals surface area contributed by atoms with Crippen LogP contribution in [0.15, 0.2) is 54.6 Å². The number of hydrogen-bond acceptors (Lipinski definition) is 3. The number of anilines is 1. The van der Waals surface area contributed by atoms with E-state index in [2.05, 4.69) is 22.3 Å². The van der Waals surface area contributed by atoms with Gasteiger partial charge in [-0.05, 0) is 44.1 Å². The number of rotatable bonds is 8.